The van der Waals surface area contributed by atoms with Crippen LogP contribution in [-0.2, 0) is 0 Å². The van der Waals surface area contributed by atoms with Crippen molar-refractivity contribution in [3.05, 3.63) is 50.0 Å². The quantitative estimate of drug-likeness (QED) is 0.672. The summed E-state index contributed by atoms with van der Waals surface area (Å²) in [7, 11) is 0. The molecule has 0 aliphatic heterocycles. The van der Waals surface area contributed by atoms with Gasteiger partial charge in [0.1, 0.15) is 5.69 Å². The minimum atomic E-state index is -0.556. The van der Waals surface area contributed by atoms with Crippen LogP contribution in [0.4, 0.5) is 5.82 Å². The summed E-state index contributed by atoms with van der Waals surface area (Å²) >= 11 is 12.0. The molecule has 0 bridgehead atoms. The van der Waals surface area contributed by atoms with E-state index in [-0.39, 0.29) is 5.82 Å². The highest BCUT2D eigenvalue weighted by atomic mass is 35.5. The summed E-state index contributed by atoms with van der Waals surface area (Å²) in [5, 5.41) is 10.9. The van der Waals surface area contributed by atoms with Gasteiger partial charge in [0.05, 0.1) is 16.3 Å². The molecule has 19 heavy (non-hydrogen) atoms. The van der Waals surface area contributed by atoms with Gasteiger partial charge in [-0.2, -0.15) is 15.2 Å². The smallest absolute Gasteiger partial charge is 0.260 e. The number of hydrazone groups is 1. The summed E-state index contributed by atoms with van der Waals surface area (Å²) < 4.78 is 0. The lowest BCUT2D eigenvalue weighted by Crippen LogP contribution is -2.15. The maximum absolute atomic E-state index is 11.0. The van der Waals surface area contributed by atoms with Gasteiger partial charge in [0.2, 0.25) is 0 Å². The second-order valence-corrected chi connectivity index (χ2v) is 4.39. The van der Waals surface area contributed by atoms with E-state index in [4.69, 9.17) is 23.2 Å². The number of nitrogens with zero attached hydrogens (tertiary/aromatic N) is 3. The molecule has 0 spiro atoms. The Labute approximate surface area is 118 Å². The summed E-state index contributed by atoms with van der Waals surface area (Å²) in [5.41, 5.74) is 3.15. The Hall–Kier alpha value is -1.92. The van der Waals surface area contributed by atoms with Crippen LogP contribution < -0.4 is 11.1 Å². The second kappa shape index (κ2) is 5.81. The molecule has 0 saturated heterocycles. The van der Waals surface area contributed by atoms with Crippen molar-refractivity contribution < 1.29 is 0 Å². The van der Waals surface area contributed by atoms with Crippen molar-refractivity contribution in [1.82, 2.24) is 15.2 Å². The van der Waals surface area contributed by atoms with Gasteiger partial charge in [-0.3, -0.25) is 5.43 Å². The second-order valence-electron chi connectivity index (χ2n) is 3.58. The lowest BCUT2D eigenvalue weighted by atomic mass is 10.2. The fourth-order valence-electron chi connectivity index (χ4n) is 1.29. The number of aryl methyl sites for hydroxylation is 1. The van der Waals surface area contributed by atoms with Crippen LogP contribution in [0.3, 0.4) is 0 Å². The third-order valence-corrected chi connectivity index (χ3v) is 2.90. The number of aromatic amines is 1. The van der Waals surface area contributed by atoms with Gasteiger partial charge in [0.15, 0.2) is 5.82 Å². The lowest BCUT2D eigenvalue weighted by molar-refractivity contribution is 0.879. The zero-order valence-corrected chi connectivity index (χ0v) is 11.3. The van der Waals surface area contributed by atoms with E-state index < -0.39 is 5.69 Å². The molecule has 0 aliphatic rings. The Kier molecular flexibility index (Phi) is 4.13. The Morgan fingerprint density at radius 2 is 2.05 bits per heavy atom. The van der Waals surface area contributed by atoms with Crippen molar-refractivity contribution in [3.63, 3.8) is 0 Å². The molecule has 1 aromatic heterocycles. The Bertz CT molecular complexity index is 663. The van der Waals surface area contributed by atoms with E-state index >= 15 is 0 Å². The molecule has 8 heteroatoms. The van der Waals surface area contributed by atoms with Gasteiger partial charge >= 0.3 is 5.69 Å². The van der Waals surface area contributed by atoms with Crippen LogP contribution in [0.2, 0.25) is 10.0 Å². The minimum Gasteiger partial charge on any atom is -0.260 e. The van der Waals surface area contributed by atoms with Gasteiger partial charge in [-0.25, -0.2) is 9.89 Å². The number of hydrogen-bond acceptors (Lipinski definition) is 5. The largest absolute Gasteiger partial charge is 0.363 e. The fourth-order valence-corrected chi connectivity index (χ4v) is 1.79. The topological polar surface area (TPSA) is 83.0 Å². The number of benzene rings is 1. The number of halogens is 2. The van der Waals surface area contributed by atoms with E-state index in [1.807, 2.05) is 0 Å². The number of anilines is 1. The van der Waals surface area contributed by atoms with Crippen LogP contribution in [0.25, 0.3) is 0 Å². The predicted octanol–water partition coefficient (Wildman–Crippen LogP) is 2.23. The molecule has 1 heterocycles. The fraction of sp³-hybridized carbons (Fsp3) is 0.0909. The van der Waals surface area contributed by atoms with Gasteiger partial charge in [-0.05, 0) is 19.1 Å². The molecule has 0 unspecified atom stereocenters. The third-order valence-electron chi connectivity index (χ3n) is 2.24. The van der Waals surface area contributed by atoms with Crippen molar-refractivity contribution in [2.75, 3.05) is 5.43 Å². The van der Waals surface area contributed by atoms with Crippen molar-refractivity contribution in [2.45, 2.75) is 6.92 Å². The van der Waals surface area contributed by atoms with Crippen LogP contribution in [0.5, 0.6) is 0 Å². The molecule has 2 rings (SSSR count). The molecular weight excluding hydrogens is 289 g/mol. The highest BCUT2D eigenvalue weighted by molar-refractivity contribution is 6.38. The molecule has 0 radical (unpaired) electrons. The maximum atomic E-state index is 11.0. The van der Waals surface area contributed by atoms with Gasteiger partial charge in [-0.1, -0.05) is 29.3 Å². The van der Waals surface area contributed by atoms with Crippen molar-refractivity contribution in [3.8, 4) is 0 Å². The van der Waals surface area contributed by atoms with Gasteiger partial charge in [0, 0.05) is 5.56 Å². The molecule has 0 fully saturated rings. The number of hydrogen-bond donors (Lipinski definition) is 2. The van der Waals surface area contributed by atoms with Crippen LogP contribution in [-0.4, -0.2) is 21.4 Å². The predicted molar refractivity (Wildman–Crippen MR) is 75.1 cm³/mol. The van der Waals surface area contributed by atoms with Crippen molar-refractivity contribution in [2.24, 2.45) is 5.10 Å². The number of rotatable bonds is 3. The summed E-state index contributed by atoms with van der Waals surface area (Å²) in [6.45, 7) is 1.68. The van der Waals surface area contributed by atoms with E-state index in [1.165, 1.54) is 6.21 Å². The van der Waals surface area contributed by atoms with E-state index in [1.54, 1.807) is 25.1 Å². The number of aromatic nitrogens is 3. The van der Waals surface area contributed by atoms with Gasteiger partial charge in [-0.15, -0.1) is 0 Å². The highest BCUT2D eigenvalue weighted by Crippen LogP contribution is 2.22. The monoisotopic (exact) mass is 297 g/mol. The normalized spacial score (nSPS) is 10.9. The average molecular weight is 298 g/mol. The first-order valence-electron chi connectivity index (χ1n) is 5.24. The summed E-state index contributed by atoms with van der Waals surface area (Å²) in [4.78, 5) is 14.7. The summed E-state index contributed by atoms with van der Waals surface area (Å²) in [6, 6.07) is 5.14. The Balaban J connectivity index is 2.20. The molecule has 2 aromatic rings. The molecule has 0 saturated carbocycles. The minimum absolute atomic E-state index is 0.267. The van der Waals surface area contributed by atoms with Crippen LogP contribution in [0.15, 0.2) is 28.1 Å². The molecule has 98 valence electrons. The van der Waals surface area contributed by atoms with E-state index in [0.29, 0.717) is 21.3 Å². The SMILES string of the molecule is Cc1n[nH]c(=O)nc1NN=Cc1c(Cl)cccc1Cl. The molecule has 0 aliphatic carbocycles. The van der Waals surface area contributed by atoms with Crippen molar-refractivity contribution in [1.29, 1.82) is 0 Å². The number of H-pyrrole nitrogens is 1. The molecule has 0 amide bonds. The third kappa shape index (κ3) is 3.30. The van der Waals surface area contributed by atoms with Crippen LogP contribution in [0, 0.1) is 6.92 Å². The lowest BCUT2D eigenvalue weighted by Gasteiger charge is -2.02. The zero-order valence-electron chi connectivity index (χ0n) is 9.82. The molecule has 2 N–H and O–H groups in total. The highest BCUT2D eigenvalue weighted by Gasteiger charge is 2.03. The first-order chi connectivity index (χ1) is 9.08. The first kappa shape index (κ1) is 13.5. The van der Waals surface area contributed by atoms with E-state index in [9.17, 15) is 4.79 Å². The Morgan fingerprint density at radius 3 is 2.74 bits per heavy atom. The molecule has 1 aromatic carbocycles. The van der Waals surface area contributed by atoms with Gasteiger partial charge in [0.25, 0.3) is 0 Å². The zero-order chi connectivity index (χ0) is 13.8. The summed E-state index contributed by atoms with van der Waals surface area (Å²) in [5.74, 6) is 0.267. The Morgan fingerprint density at radius 1 is 1.37 bits per heavy atom. The van der Waals surface area contributed by atoms with Gasteiger partial charge < -0.3 is 0 Å². The first-order valence-corrected chi connectivity index (χ1v) is 6.00. The molecule has 0 atom stereocenters. The molecule has 6 nitrogen and oxygen atoms in total. The standard InChI is InChI=1S/C11H9Cl2N5O/c1-6-10(15-11(19)18-16-6)17-14-5-7-8(12)3-2-4-9(7)13/h2-5H,1H3,(H2,15,17,18,19). The average Bonchev–Trinajstić information content (AvgIpc) is 2.37. The van der Waals surface area contributed by atoms with Crippen LogP contribution >= 0.6 is 23.2 Å². The molecular formula is C11H9Cl2N5O. The van der Waals surface area contributed by atoms with Crippen molar-refractivity contribution >= 4 is 35.2 Å². The number of nitrogens with one attached hydrogen (secondary N) is 2. The van der Waals surface area contributed by atoms with E-state index in [2.05, 4.69) is 25.7 Å². The van der Waals surface area contributed by atoms with E-state index in [0.717, 1.165) is 0 Å². The maximum Gasteiger partial charge on any atom is 0.363 e. The van der Waals surface area contributed by atoms with Crippen LogP contribution in [0.1, 0.15) is 11.3 Å². The summed E-state index contributed by atoms with van der Waals surface area (Å²) in [6.07, 6.45) is 1.45.